The number of benzene rings is 1. The molecular formula is C23H37P2+. The van der Waals surface area contributed by atoms with Gasteiger partial charge < -0.3 is 0 Å². The molecule has 1 aromatic carbocycles. The van der Waals surface area contributed by atoms with Gasteiger partial charge in [-0.15, -0.1) is 0 Å². The van der Waals surface area contributed by atoms with E-state index >= 15 is 0 Å². The Morgan fingerprint density at radius 1 is 0.680 bits per heavy atom. The maximum Gasteiger partial charge on any atom is 0.0943 e. The van der Waals surface area contributed by atoms with Crippen LogP contribution in [0.4, 0.5) is 0 Å². The summed E-state index contributed by atoms with van der Waals surface area (Å²) in [5.74, 6) is 1.68. The van der Waals surface area contributed by atoms with E-state index in [4.69, 9.17) is 0 Å². The molecular weight excluding hydrogens is 338 g/mol. The van der Waals surface area contributed by atoms with Crippen molar-refractivity contribution < 1.29 is 0 Å². The van der Waals surface area contributed by atoms with Gasteiger partial charge in [0.25, 0.3) is 0 Å². The Balaban J connectivity index is 1.59. The van der Waals surface area contributed by atoms with Crippen molar-refractivity contribution in [3.05, 3.63) is 30.3 Å². The first-order chi connectivity index (χ1) is 12.4. The minimum atomic E-state index is -0.860. The summed E-state index contributed by atoms with van der Waals surface area (Å²) in [6.07, 6.45) is 21.7. The monoisotopic (exact) mass is 375 g/mol. The van der Waals surface area contributed by atoms with Gasteiger partial charge in [-0.1, -0.05) is 64.6 Å². The van der Waals surface area contributed by atoms with E-state index in [9.17, 15) is 0 Å². The molecule has 2 saturated carbocycles. The Labute approximate surface area is 157 Å². The van der Waals surface area contributed by atoms with Gasteiger partial charge in [0.15, 0.2) is 0 Å². The second-order valence-electron chi connectivity index (χ2n) is 8.87. The molecule has 0 N–H and O–H groups in total. The fraction of sp³-hybridized carbons (Fsp3) is 0.739. The van der Waals surface area contributed by atoms with Crippen molar-refractivity contribution in [2.24, 2.45) is 0 Å². The summed E-state index contributed by atoms with van der Waals surface area (Å²) in [4.78, 5) is 0. The summed E-state index contributed by atoms with van der Waals surface area (Å²) < 4.78 is 0. The lowest BCUT2D eigenvalue weighted by Gasteiger charge is -2.40. The first kappa shape index (κ1) is 18.4. The average molecular weight is 375 g/mol. The largest absolute Gasteiger partial charge is 0.0943 e. The average Bonchev–Trinajstić information content (AvgIpc) is 3.18. The number of hydrogen-bond donors (Lipinski definition) is 0. The van der Waals surface area contributed by atoms with Crippen LogP contribution in [0.2, 0.25) is 0 Å². The van der Waals surface area contributed by atoms with Crippen molar-refractivity contribution in [2.45, 2.75) is 88.4 Å². The molecule has 4 rings (SSSR count). The van der Waals surface area contributed by atoms with E-state index in [2.05, 4.69) is 30.3 Å². The molecule has 0 aromatic heterocycles. The first-order valence-corrected chi connectivity index (χ1v) is 15.1. The van der Waals surface area contributed by atoms with Gasteiger partial charge in [-0.05, 0) is 62.0 Å². The minimum Gasteiger partial charge on any atom is -0.0620 e. The van der Waals surface area contributed by atoms with Gasteiger partial charge in [0.05, 0.1) is 30.8 Å². The van der Waals surface area contributed by atoms with Crippen molar-refractivity contribution in [3.8, 4) is 0 Å². The second kappa shape index (κ2) is 8.85. The van der Waals surface area contributed by atoms with Crippen LogP contribution in [0, 0.1) is 0 Å². The molecule has 0 spiro atoms. The van der Waals surface area contributed by atoms with E-state index in [0.29, 0.717) is 0 Å². The molecule has 25 heavy (non-hydrogen) atoms. The van der Waals surface area contributed by atoms with Crippen molar-refractivity contribution in [1.82, 2.24) is 0 Å². The molecule has 2 aliphatic carbocycles. The van der Waals surface area contributed by atoms with Crippen LogP contribution >= 0.6 is 15.2 Å². The van der Waals surface area contributed by atoms with Crippen LogP contribution in [-0.2, 0) is 0 Å². The normalized spacial score (nSPS) is 25.5. The maximum absolute atomic E-state index is 2.51. The van der Waals surface area contributed by atoms with Gasteiger partial charge >= 0.3 is 0 Å². The highest BCUT2D eigenvalue weighted by Gasteiger charge is 2.47. The Kier molecular flexibility index (Phi) is 6.53. The number of rotatable bonds is 5. The van der Waals surface area contributed by atoms with Crippen molar-refractivity contribution in [3.63, 3.8) is 0 Å². The summed E-state index contributed by atoms with van der Waals surface area (Å²) in [7, 11) is -0.591. The summed E-state index contributed by atoms with van der Waals surface area (Å²) in [5.41, 5.74) is 2.26. The Hall–Kier alpha value is 0.0800. The Bertz CT molecular complexity index is 490. The lowest BCUT2D eigenvalue weighted by molar-refractivity contribution is 0.485. The highest BCUT2D eigenvalue weighted by Crippen LogP contribution is 2.72. The second-order valence-corrected chi connectivity index (χ2v) is 16.2. The minimum absolute atomic E-state index is 0.269. The fourth-order valence-electron chi connectivity index (χ4n) is 5.83. The lowest BCUT2D eigenvalue weighted by Crippen LogP contribution is -2.25. The topological polar surface area (TPSA) is 0 Å². The molecule has 0 amide bonds. The van der Waals surface area contributed by atoms with Crippen LogP contribution in [0.5, 0.6) is 0 Å². The van der Waals surface area contributed by atoms with Gasteiger partial charge in [0, 0.05) is 0 Å². The van der Waals surface area contributed by atoms with Gasteiger partial charge in [-0.2, -0.15) is 0 Å². The Morgan fingerprint density at radius 2 is 1.20 bits per heavy atom. The van der Waals surface area contributed by atoms with Gasteiger partial charge in [-0.25, -0.2) is 0 Å². The predicted molar refractivity (Wildman–Crippen MR) is 117 cm³/mol. The molecule has 138 valence electrons. The summed E-state index contributed by atoms with van der Waals surface area (Å²) >= 11 is 0. The summed E-state index contributed by atoms with van der Waals surface area (Å²) in [6, 6.07) is 11.9. The first-order valence-electron chi connectivity index (χ1n) is 11.0. The molecule has 1 aliphatic heterocycles. The molecule has 0 bridgehead atoms. The third kappa shape index (κ3) is 4.33. The van der Waals surface area contributed by atoms with Crippen molar-refractivity contribution in [1.29, 1.82) is 0 Å². The van der Waals surface area contributed by atoms with E-state index in [-0.39, 0.29) is 7.92 Å². The molecule has 0 radical (unpaired) electrons. The summed E-state index contributed by atoms with van der Waals surface area (Å²) in [5, 5.41) is 1.80. The lowest BCUT2D eigenvalue weighted by atomic mass is 9.99. The van der Waals surface area contributed by atoms with Crippen molar-refractivity contribution in [2.75, 3.05) is 18.2 Å². The van der Waals surface area contributed by atoms with E-state index in [0.717, 1.165) is 11.3 Å². The highest BCUT2D eigenvalue weighted by molar-refractivity contribution is 7.91. The molecule has 1 saturated heterocycles. The van der Waals surface area contributed by atoms with E-state index < -0.39 is 7.26 Å². The van der Waals surface area contributed by atoms with E-state index in [1.165, 1.54) is 51.4 Å². The Morgan fingerprint density at radius 3 is 1.72 bits per heavy atom. The summed E-state index contributed by atoms with van der Waals surface area (Å²) in [6.45, 7) is 0. The van der Waals surface area contributed by atoms with Crippen LogP contribution in [0.1, 0.15) is 77.0 Å². The zero-order chi connectivity index (χ0) is 17.0. The van der Waals surface area contributed by atoms with Crippen LogP contribution in [0.3, 0.4) is 0 Å². The zero-order valence-corrected chi connectivity index (χ0v) is 17.8. The van der Waals surface area contributed by atoms with Crippen LogP contribution < -0.4 is 5.30 Å². The molecule has 2 heteroatoms. The zero-order valence-electron chi connectivity index (χ0n) is 16.0. The molecule has 1 aromatic rings. The predicted octanol–water partition coefficient (Wildman–Crippen LogP) is 7.23. The van der Waals surface area contributed by atoms with Crippen LogP contribution in [0.25, 0.3) is 0 Å². The third-order valence-corrected chi connectivity index (χ3v) is 17.4. The quantitative estimate of drug-likeness (QED) is 0.476. The smallest absolute Gasteiger partial charge is 0.0620 e. The van der Waals surface area contributed by atoms with Gasteiger partial charge in [-0.3, -0.25) is 0 Å². The van der Waals surface area contributed by atoms with Crippen LogP contribution in [0.15, 0.2) is 30.3 Å². The highest BCUT2D eigenvalue weighted by atomic mass is 31.2. The molecule has 1 heterocycles. The van der Waals surface area contributed by atoms with Gasteiger partial charge in [0.1, 0.15) is 0 Å². The SMILES string of the molecule is c1ccc([P+]2(CP(C3CCCCC3)C3CCCCC3)CCCC2)cc1. The molecule has 0 atom stereocenters. The molecule has 3 aliphatic rings. The third-order valence-electron chi connectivity index (χ3n) is 7.25. The maximum atomic E-state index is 2.51. The molecule has 0 nitrogen and oxygen atoms in total. The fourth-order valence-corrected chi connectivity index (χ4v) is 17.8. The molecule has 0 unspecified atom stereocenters. The van der Waals surface area contributed by atoms with E-state index in [1.807, 2.05) is 0 Å². The number of hydrogen-bond acceptors (Lipinski definition) is 0. The van der Waals surface area contributed by atoms with Crippen LogP contribution in [-0.4, -0.2) is 29.5 Å². The molecule has 3 fully saturated rings. The van der Waals surface area contributed by atoms with Gasteiger partial charge in [0.2, 0.25) is 0 Å². The van der Waals surface area contributed by atoms with Crippen molar-refractivity contribution >= 4 is 20.5 Å². The van der Waals surface area contributed by atoms with E-state index in [1.54, 1.807) is 49.2 Å². The standard InChI is InChI=1S/C23H37P2/c1-4-12-21(13-5-1)24(22-14-6-2-7-15-22)20-25(18-10-11-19-25)23-16-8-3-9-17-23/h3,8-9,16-17,21-22H,1-2,4-7,10-15,18-20H2/q+1.